The van der Waals surface area contributed by atoms with Crippen molar-refractivity contribution in [3.63, 3.8) is 0 Å². The molecule has 2 rings (SSSR count). The first-order valence-electron chi connectivity index (χ1n) is 8.55. The normalized spacial score (nSPS) is 15.6. The van der Waals surface area contributed by atoms with Gasteiger partial charge >= 0.3 is 6.09 Å². The molecule has 1 heterocycles. The molecule has 25 heavy (non-hydrogen) atoms. The number of ether oxygens (including phenoxy) is 1. The molecule has 6 heteroatoms. The van der Waals surface area contributed by atoms with Gasteiger partial charge in [-0.05, 0) is 40.5 Å². The van der Waals surface area contributed by atoms with Crippen LogP contribution in [0.25, 0.3) is 0 Å². The van der Waals surface area contributed by atoms with Crippen LogP contribution in [0.15, 0.2) is 24.3 Å². The largest absolute Gasteiger partial charge is 0.444 e. The zero-order chi connectivity index (χ0) is 18.6. The van der Waals surface area contributed by atoms with Crippen molar-refractivity contribution in [1.82, 2.24) is 10.2 Å². The van der Waals surface area contributed by atoms with Crippen LogP contribution in [-0.2, 0) is 9.53 Å². The zero-order valence-electron chi connectivity index (χ0n) is 15.3. The number of hydrogen-bond donors (Lipinski definition) is 1. The molecule has 1 N–H and O–H groups in total. The van der Waals surface area contributed by atoms with Crippen LogP contribution in [0.5, 0.6) is 0 Å². The molecular weight excluding hydrogens is 320 g/mol. The molecule has 1 fully saturated rings. The fourth-order valence-corrected chi connectivity index (χ4v) is 2.62. The molecule has 0 radical (unpaired) electrons. The Morgan fingerprint density at radius 3 is 2.16 bits per heavy atom. The highest BCUT2D eigenvalue weighted by atomic mass is 16.6. The summed E-state index contributed by atoms with van der Waals surface area (Å²) in [6.45, 7) is 8.40. The number of nitrogens with zero attached hydrogens (tertiary/aromatic N) is 1. The summed E-state index contributed by atoms with van der Waals surface area (Å²) in [7, 11) is 0. The molecule has 136 valence electrons. The maximum Gasteiger partial charge on any atom is 0.410 e. The summed E-state index contributed by atoms with van der Waals surface area (Å²) in [6.07, 6.45) is 0.867. The molecule has 1 aliphatic rings. The Hall–Kier alpha value is -2.37. The van der Waals surface area contributed by atoms with Gasteiger partial charge in [0.05, 0.1) is 0 Å². The second kappa shape index (κ2) is 7.68. The number of likely N-dealkylation sites (tertiary alicyclic amines) is 1. The van der Waals surface area contributed by atoms with E-state index >= 15 is 0 Å². The van der Waals surface area contributed by atoms with E-state index in [-0.39, 0.29) is 12.1 Å². The zero-order valence-corrected chi connectivity index (χ0v) is 15.3. The predicted octanol–water partition coefficient (Wildman–Crippen LogP) is 2.69. The van der Waals surface area contributed by atoms with Crippen LogP contribution in [0.1, 0.15) is 49.5 Å². The summed E-state index contributed by atoms with van der Waals surface area (Å²) in [5, 5.41) is 2.77. The molecule has 1 aliphatic heterocycles. The average molecular weight is 346 g/mol. The van der Waals surface area contributed by atoms with Gasteiger partial charge in [0.15, 0.2) is 0 Å². The van der Waals surface area contributed by atoms with Crippen molar-refractivity contribution in [1.29, 1.82) is 0 Å². The molecule has 0 aliphatic carbocycles. The topological polar surface area (TPSA) is 75.7 Å². The fourth-order valence-electron chi connectivity index (χ4n) is 2.62. The van der Waals surface area contributed by atoms with Gasteiger partial charge in [-0.2, -0.15) is 0 Å². The van der Waals surface area contributed by atoms with Crippen molar-refractivity contribution in [2.24, 2.45) is 0 Å². The third-order valence-electron chi connectivity index (χ3n) is 4.00. The van der Waals surface area contributed by atoms with E-state index in [1.165, 1.54) is 0 Å². The monoisotopic (exact) mass is 346 g/mol. The maximum atomic E-state index is 12.2. The summed E-state index contributed by atoms with van der Waals surface area (Å²) in [5.74, 6) is -1.13. The predicted molar refractivity (Wildman–Crippen MR) is 94.5 cm³/mol. The number of benzene rings is 1. The number of hydrogen-bond acceptors (Lipinski definition) is 4. The Balaban J connectivity index is 1.83. The van der Waals surface area contributed by atoms with Crippen molar-refractivity contribution in [2.75, 3.05) is 13.1 Å². The van der Waals surface area contributed by atoms with Crippen molar-refractivity contribution in [3.05, 3.63) is 35.4 Å². The van der Waals surface area contributed by atoms with Crippen molar-refractivity contribution in [3.8, 4) is 0 Å². The van der Waals surface area contributed by atoms with Gasteiger partial charge in [0, 0.05) is 24.7 Å². The Kier molecular flexibility index (Phi) is 5.82. The van der Waals surface area contributed by atoms with E-state index in [0.717, 1.165) is 5.56 Å². The number of carbonyl (C=O) groups excluding carboxylic acids is 3. The second-order valence-electron chi connectivity index (χ2n) is 7.41. The summed E-state index contributed by atoms with van der Waals surface area (Å²) < 4.78 is 5.34. The minimum atomic E-state index is -0.598. The molecule has 0 unspecified atom stereocenters. The highest BCUT2D eigenvalue weighted by Gasteiger charge is 2.28. The number of carbonyl (C=O) groups is 3. The van der Waals surface area contributed by atoms with Crippen LogP contribution < -0.4 is 5.32 Å². The SMILES string of the molecule is Cc1ccc(C(=O)C(=O)NC2CCN(C(=O)OC(C)(C)C)CC2)cc1. The van der Waals surface area contributed by atoms with E-state index in [1.54, 1.807) is 29.2 Å². The number of Topliss-reactive ketones (excluding diaryl/α,β-unsaturated/α-hetero) is 1. The van der Waals surface area contributed by atoms with Gasteiger partial charge in [-0.1, -0.05) is 29.8 Å². The number of nitrogens with one attached hydrogen (secondary N) is 1. The van der Waals surface area contributed by atoms with Gasteiger partial charge in [-0.15, -0.1) is 0 Å². The van der Waals surface area contributed by atoms with E-state index in [9.17, 15) is 14.4 Å². The van der Waals surface area contributed by atoms with Crippen LogP contribution in [0.3, 0.4) is 0 Å². The first kappa shape index (κ1) is 19.0. The first-order valence-corrected chi connectivity index (χ1v) is 8.55. The summed E-state index contributed by atoms with van der Waals surface area (Å²) in [6, 6.07) is 6.81. The Morgan fingerprint density at radius 2 is 1.64 bits per heavy atom. The third-order valence-corrected chi connectivity index (χ3v) is 4.00. The van der Waals surface area contributed by atoms with Gasteiger partial charge in [-0.25, -0.2) is 4.79 Å². The number of amides is 2. The minimum Gasteiger partial charge on any atom is -0.444 e. The lowest BCUT2D eigenvalue weighted by Crippen LogP contribution is -2.49. The van der Waals surface area contributed by atoms with Crippen LogP contribution in [0, 0.1) is 6.92 Å². The quantitative estimate of drug-likeness (QED) is 0.674. The summed E-state index contributed by atoms with van der Waals surface area (Å²) in [5.41, 5.74) is 0.892. The van der Waals surface area contributed by atoms with Gasteiger partial charge in [-0.3, -0.25) is 9.59 Å². The molecule has 0 saturated carbocycles. The standard InChI is InChI=1S/C19H26N2O4/c1-13-5-7-14(8-6-13)16(22)17(23)20-15-9-11-21(12-10-15)18(24)25-19(2,3)4/h5-8,15H,9-12H2,1-4H3,(H,20,23). The molecule has 1 saturated heterocycles. The summed E-state index contributed by atoms with van der Waals surface area (Å²) >= 11 is 0. The molecule has 1 aromatic rings. The van der Waals surface area contributed by atoms with Crippen molar-refractivity contribution in [2.45, 2.75) is 52.2 Å². The lowest BCUT2D eigenvalue weighted by atomic mass is 10.0. The van der Waals surface area contributed by atoms with Crippen LogP contribution in [0.2, 0.25) is 0 Å². The highest BCUT2D eigenvalue weighted by Crippen LogP contribution is 2.15. The molecule has 6 nitrogen and oxygen atoms in total. The highest BCUT2D eigenvalue weighted by molar-refractivity contribution is 6.42. The van der Waals surface area contributed by atoms with Gasteiger partial charge < -0.3 is 15.0 Å². The Labute approximate surface area is 148 Å². The maximum absolute atomic E-state index is 12.2. The lowest BCUT2D eigenvalue weighted by Gasteiger charge is -2.33. The van der Waals surface area contributed by atoms with E-state index in [4.69, 9.17) is 4.74 Å². The molecule has 0 bridgehead atoms. The molecule has 0 spiro atoms. The van der Waals surface area contributed by atoms with Gasteiger partial charge in [0.2, 0.25) is 5.78 Å². The number of ketones is 1. The summed E-state index contributed by atoms with van der Waals surface area (Å²) in [4.78, 5) is 38.0. The number of rotatable bonds is 3. The van der Waals surface area contributed by atoms with E-state index in [2.05, 4.69) is 5.32 Å². The average Bonchev–Trinajstić information content (AvgIpc) is 2.54. The van der Waals surface area contributed by atoms with Crippen LogP contribution in [-0.4, -0.2) is 47.4 Å². The molecule has 0 atom stereocenters. The third kappa shape index (κ3) is 5.59. The lowest BCUT2D eigenvalue weighted by molar-refractivity contribution is -0.117. The fraction of sp³-hybridized carbons (Fsp3) is 0.526. The first-order chi connectivity index (χ1) is 11.7. The van der Waals surface area contributed by atoms with Crippen molar-refractivity contribution < 1.29 is 19.1 Å². The Bertz CT molecular complexity index is 638. The van der Waals surface area contributed by atoms with E-state index in [0.29, 0.717) is 31.5 Å². The smallest absolute Gasteiger partial charge is 0.410 e. The molecular formula is C19H26N2O4. The minimum absolute atomic E-state index is 0.111. The van der Waals surface area contributed by atoms with Gasteiger partial charge in [0.1, 0.15) is 5.60 Å². The van der Waals surface area contributed by atoms with Crippen LogP contribution >= 0.6 is 0 Å². The molecule has 2 amide bonds. The van der Waals surface area contributed by atoms with E-state index in [1.807, 2.05) is 27.7 Å². The molecule has 1 aromatic carbocycles. The number of piperidine rings is 1. The van der Waals surface area contributed by atoms with Crippen molar-refractivity contribution >= 4 is 17.8 Å². The van der Waals surface area contributed by atoms with Gasteiger partial charge in [0.25, 0.3) is 5.91 Å². The number of aryl methyl sites for hydroxylation is 1. The van der Waals surface area contributed by atoms with E-state index < -0.39 is 17.3 Å². The second-order valence-corrected chi connectivity index (χ2v) is 7.41. The van der Waals surface area contributed by atoms with Crippen LogP contribution in [0.4, 0.5) is 4.79 Å². The molecule has 0 aromatic heterocycles. The Morgan fingerprint density at radius 1 is 1.08 bits per heavy atom.